The third-order valence-electron chi connectivity index (χ3n) is 3.01. The Labute approximate surface area is 113 Å². The molecule has 0 unspecified atom stereocenters. The number of hydrogen-bond donors (Lipinski definition) is 0. The van der Waals surface area contributed by atoms with Crippen molar-refractivity contribution in [2.24, 2.45) is 0 Å². The van der Waals surface area contributed by atoms with E-state index in [9.17, 15) is 4.79 Å². The lowest BCUT2D eigenvalue weighted by Gasteiger charge is -2.12. The van der Waals surface area contributed by atoms with Gasteiger partial charge in [0, 0.05) is 18.3 Å². The van der Waals surface area contributed by atoms with Gasteiger partial charge in [-0.05, 0) is 32.1 Å². The molecular weight excluding hydrogens is 238 g/mol. The number of fused-ring (bicyclic) bond motifs is 1. The molecule has 2 rings (SSSR count). The molecule has 0 N–H and O–H groups in total. The molecule has 0 amide bonds. The van der Waals surface area contributed by atoms with Gasteiger partial charge in [0.1, 0.15) is 5.94 Å². The van der Waals surface area contributed by atoms with Crippen LogP contribution in [0, 0.1) is 0 Å². The van der Waals surface area contributed by atoms with E-state index < -0.39 is 0 Å². The van der Waals surface area contributed by atoms with Crippen LogP contribution in [0.5, 0.6) is 0 Å². The van der Waals surface area contributed by atoms with Crippen LogP contribution in [-0.2, 0) is 4.79 Å². The summed E-state index contributed by atoms with van der Waals surface area (Å²) in [5, 5.41) is 4.59. The lowest BCUT2D eigenvalue weighted by atomic mass is 9.99. The predicted octanol–water partition coefficient (Wildman–Crippen LogP) is 2.23. The van der Waals surface area contributed by atoms with Crippen molar-refractivity contribution in [2.45, 2.75) is 19.8 Å². The van der Waals surface area contributed by atoms with E-state index in [1.807, 2.05) is 47.9 Å². The summed E-state index contributed by atoms with van der Waals surface area (Å²) in [6, 6.07) is 5.88. The van der Waals surface area contributed by atoms with Crippen molar-refractivity contribution >= 4 is 17.0 Å². The minimum absolute atomic E-state index is 0.264. The smallest absolute Gasteiger partial charge is 0.130 e. The zero-order chi connectivity index (χ0) is 14.0. The second-order valence-corrected chi connectivity index (χ2v) is 5.26. The van der Waals surface area contributed by atoms with Gasteiger partial charge >= 0.3 is 0 Å². The normalized spacial score (nSPS) is 11.3. The standard InChI is InChI=1S/C15H19N3O/c1-11(2)15-14(12(10-19)9-17(3)4)13-7-5-6-8-18(13)16-15/h5-8,11H,9H2,1-4H3. The SMILES string of the molecule is CC(C)c1nn2ccccc2c1C(=C=O)CN(C)C. The zero-order valence-electron chi connectivity index (χ0n) is 11.8. The summed E-state index contributed by atoms with van der Waals surface area (Å²) in [7, 11) is 3.89. The third-order valence-corrected chi connectivity index (χ3v) is 3.01. The fraction of sp³-hybridized carbons (Fsp3) is 0.400. The van der Waals surface area contributed by atoms with Gasteiger partial charge in [0.2, 0.25) is 0 Å². The van der Waals surface area contributed by atoms with E-state index in [0.29, 0.717) is 12.1 Å². The van der Waals surface area contributed by atoms with E-state index in [1.54, 1.807) is 0 Å². The fourth-order valence-corrected chi connectivity index (χ4v) is 2.21. The van der Waals surface area contributed by atoms with Crippen molar-refractivity contribution in [2.75, 3.05) is 20.6 Å². The van der Waals surface area contributed by atoms with Gasteiger partial charge in [-0.3, -0.25) is 0 Å². The van der Waals surface area contributed by atoms with Crippen molar-refractivity contribution < 1.29 is 4.79 Å². The number of pyridine rings is 1. The summed E-state index contributed by atoms with van der Waals surface area (Å²) < 4.78 is 1.83. The van der Waals surface area contributed by atoms with E-state index in [2.05, 4.69) is 24.9 Å². The van der Waals surface area contributed by atoms with Crippen LogP contribution in [0.25, 0.3) is 11.1 Å². The molecule has 4 heteroatoms. The van der Waals surface area contributed by atoms with Crippen LogP contribution in [0.3, 0.4) is 0 Å². The summed E-state index contributed by atoms with van der Waals surface area (Å²) in [6.07, 6.45) is 1.91. The quantitative estimate of drug-likeness (QED) is 0.788. The van der Waals surface area contributed by atoms with Crippen molar-refractivity contribution in [1.29, 1.82) is 0 Å². The Morgan fingerprint density at radius 1 is 1.42 bits per heavy atom. The van der Waals surface area contributed by atoms with Gasteiger partial charge in [-0.15, -0.1) is 0 Å². The Balaban J connectivity index is 2.68. The Hall–Kier alpha value is -1.90. The molecule has 2 aromatic heterocycles. The molecule has 100 valence electrons. The van der Waals surface area contributed by atoms with Gasteiger partial charge in [0.15, 0.2) is 0 Å². The number of nitrogens with zero attached hydrogens (tertiary/aromatic N) is 3. The molecule has 0 saturated heterocycles. The zero-order valence-corrected chi connectivity index (χ0v) is 11.8. The minimum Gasteiger partial charge on any atom is -0.304 e. The molecule has 0 aliphatic carbocycles. The first kappa shape index (κ1) is 13.5. The first-order valence-corrected chi connectivity index (χ1v) is 6.41. The largest absolute Gasteiger partial charge is 0.304 e. The van der Waals surface area contributed by atoms with Crippen LogP contribution < -0.4 is 0 Å². The highest BCUT2D eigenvalue weighted by Gasteiger charge is 2.19. The van der Waals surface area contributed by atoms with Gasteiger partial charge in [-0.1, -0.05) is 19.9 Å². The molecule has 0 fully saturated rings. The third kappa shape index (κ3) is 2.60. The Morgan fingerprint density at radius 2 is 2.16 bits per heavy atom. The first-order valence-electron chi connectivity index (χ1n) is 6.41. The van der Waals surface area contributed by atoms with Crippen LogP contribution in [0.2, 0.25) is 0 Å². The maximum atomic E-state index is 11.3. The van der Waals surface area contributed by atoms with Crippen LogP contribution in [-0.4, -0.2) is 41.1 Å². The second-order valence-electron chi connectivity index (χ2n) is 5.26. The summed E-state index contributed by atoms with van der Waals surface area (Å²) in [6.45, 7) is 4.74. The van der Waals surface area contributed by atoms with Gasteiger partial charge in [-0.25, -0.2) is 9.31 Å². The van der Waals surface area contributed by atoms with Gasteiger partial charge in [0.05, 0.1) is 16.8 Å². The number of carbonyl (C=O) groups excluding carboxylic acids is 1. The van der Waals surface area contributed by atoms with E-state index >= 15 is 0 Å². The van der Waals surface area contributed by atoms with Crippen molar-refractivity contribution in [3.8, 4) is 0 Å². The predicted molar refractivity (Wildman–Crippen MR) is 76.9 cm³/mol. The summed E-state index contributed by atoms with van der Waals surface area (Å²) in [5.41, 5.74) is 3.51. The molecule has 2 heterocycles. The summed E-state index contributed by atoms with van der Waals surface area (Å²) in [5.74, 6) is 2.36. The van der Waals surface area contributed by atoms with Crippen LogP contribution in [0.4, 0.5) is 0 Å². The maximum Gasteiger partial charge on any atom is 0.130 e. The van der Waals surface area contributed by atoms with Crippen LogP contribution in [0.1, 0.15) is 31.0 Å². The number of hydrogen-bond acceptors (Lipinski definition) is 3. The second kappa shape index (κ2) is 5.39. The van der Waals surface area contributed by atoms with Gasteiger partial charge in [-0.2, -0.15) is 5.10 Å². The maximum absolute atomic E-state index is 11.3. The van der Waals surface area contributed by atoms with Crippen LogP contribution >= 0.6 is 0 Å². The number of rotatable bonds is 4. The fourth-order valence-electron chi connectivity index (χ4n) is 2.21. The molecular formula is C15H19N3O. The van der Waals surface area contributed by atoms with Gasteiger partial charge in [0.25, 0.3) is 0 Å². The lowest BCUT2D eigenvalue weighted by molar-refractivity contribution is 0.462. The highest BCUT2D eigenvalue weighted by atomic mass is 16.1. The minimum atomic E-state index is 0.264. The van der Waals surface area contributed by atoms with Crippen molar-refractivity contribution in [1.82, 2.24) is 14.5 Å². The Bertz CT molecular complexity index is 634. The average molecular weight is 257 g/mol. The molecule has 0 saturated carbocycles. The molecule has 0 aliphatic rings. The van der Waals surface area contributed by atoms with E-state index in [-0.39, 0.29) is 5.92 Å². The molecule has 19 heavy (non-hydrogen) atoms. The topological polar surface area (TPSA) is 37.6 Å². The van der Waals surface area contributed by atoms with E-state index in [1.165, 1.54) is 0 Å². The number of aromatic nitrogens is 2. The highest BCUT2D eigenvalue weighted by molar-refractivity contribution is 5.95. The molecule has 0 radical (unpaired) electrons. The molecule has 0 spiro atoms. The molecule has 4 nitrogen and oxygen atoms in total. The lowest BCUT2D eigenvalue weighted by Crippen LogP contribution is -2.15. The Kier molecular flexibility index (Phi) is 3.84. The van der Waals surface area contributed by atoms with Crippen molar-refractivity contribution in [3.63, 3.8) is 0 Å². The van der Waals surface area contributed by atoms with E-state index in [0.717, 1.165) is 16.8 Å². The molecule has 2 aromatic rings. The van der Waals surface area contributed by atoms with E-state index in [4.69, 9.17) is 0 Å². The monoisotopic (exact) mass is 257 g/mol. The molecule has 0 aromatic carbocycles. The summed E-state index contributed by atoms with van der Waals surface area (Å²) in [4.78, 5) is 13.3. The van der Waals surface area contributed by atoms with Crippen molar-refractivity contribution in [3.05, 3.63) is 35.7 Å². The molecule has 0 atom stereocenters. The van der Waals surface area contributed by atoms with Gasteiger partial charge < -0.3 is 4.90 Å². The number of likely N-dealkylation sites (N-methyl/N-ethyl adjacent to an activating group) is 1. The highest BCUT2D eigenvalue weighted by Crippen LogP contribution is 2.28. The average Bonchev–Trinajstić information content (AvgIpc) is 2.75. The molecule has 0 aliphatic heterocycles. The Morgan fingerprint density at radius 3 is 2.74 bits per heavy atom. The van der Waals surface area contributed by atoms with Crippen LogP contribution in [0.15, 0.2) is 24.4 Å². The molecule has 0 bridgehead atoms. The summed E-state index contributed by atoms with van der Waals surface area (Å²) >= 11 is 0. The first-order chi connectivity index (χ1) is 9.04.